The standard InChI is InChI=1S/C17H23NO2/c1-10(2)12-6-7-14-13(8-12)16(11(3)18-14)17(4,5)9-15(19)20/h6-8,10,18H,9H2,1-5H3,(H,19,20). The van der Waals surface area contributed by atoms with Crippen LogP contribution >= 0.6 is 0 Å². The van der Waals surface area contributed by atoms with Gasteiger partial charge in [-0.05, 0) is 36.1 Å². The number of aliphatic carboxylic acids is 1. The number of benzene rings is 1. The summed E-state index contributed by atoms with van der Waals surface area (Å²) in [6, 6.07) is 6.43. The van der Waals surface area contributed by atoms with E-state index in [1.165, 1.54) is 5.56 Å². The SMILES string of the molecule is Cc1[nH]c2ccc(C(C)C)cc2c1C(C)(C)CC(=O)O. The third-order valence-electron chi connectivity index (χ3n) is 3.95. The number of H-pyrrole nitrogens is 1. The van der Waals surface area contributed by atoms with Crippen LogP contribution in [0.3, 0.4) is 0 Å². The first kappa shape index (κ1) is 14.6. The summed E-state index contributed by atoms with van der Waals surface area (Å²) in [4.78, 5) is 14.5. The van der Waals surface area contributed by atoms with Gasteiger partial charge in [-0.25, -0.2) is 0 Å². The van der Waals surface area contributed by atoms with Gasteiger partial charge < -0.3 is 10.1 Å². The molecule has 2 aromatic rings. The second kappa shape index (κ2) is 4.97. The summed E-state index contributed by atoms with van der Waals surface area (Å²) in [5, 5.41) is 10.3. The smallest absolute Gasteiger partial charge is 0.304 e. The van der Waals surface area contributed by atoms with Gasteiger partial charge in [0, 0.05) is 22.0 Å². The summed E-state index contributed by atoms with van der Waals surface area (Å²) in [5.41, 5.74) is 4.16. The highest BCUT2D eigenvalue weighted by Gasteiger charge is 2.29. The number of aryl methyl sites for hydroxylation is 1. The van der Waals surface area contributed by atoms with Gasteiger partial charge >= 0.3 is 5.97 Å². The second-order valence-electron chi connectivity index (χ2n) is 6.54. The Morgan fingerprint density at radius 3 is 2.55 bits per heavy atom. The fourth-order valence-electron chi connectivity index (χ4n) is 3.04. The summed E-state index contributed by atoms with van der Waals surface area (Å²) in [5.74, 6) is -0.297. The number of carbonyl (C=O) groups is 1. The molecule has 0 amide bonds. The van der Waals surface area contributed by atoms with Crippen molar-refractivity contribution >= 4 is 16.9 Å². The topological polar surface area (TPSA) is 53.1 Å². The lowest BCUT2D eigenvalue weighted by Gasteiger charge is -2.23. The molecule has 2 N–H and O–H groups in total. The Morgan fingerprint density at radius 1 is 1.35 bits per heavy atom. The molecule has 0 aliphatic carbocycles. The minimum Gasteiger partial charge on any atom is -0.481 e. The number of hydrogen-bond acceptors (Lipinski definition) is 1. The van der Waals surface area contributed by atoms with E-state index in [9.17, 15) is 4.79 Å². The number of rotatable bonds is 4. The van der Waals surface area contributed by atoms with Crippen molar-refractivity contribution in [3.8, 4) is 0 Å². The van der Waals surface area contributed by atoms with Crippen LogP contribution in [0.5, 0.6) is 0 Å². The molecule has 1 heterocycles. The molecule has 1 aromatic heterocycles. The molecule has 0 fully saturated rings. The van der Waals surface area contributed by atoms with Crippen molar-refractivity contribution in [1.29, 1.82) is 0 Å². The van der Waals surface area contributed by atoms with Gasteiger partial charge in [-0.1, -0.05) is 33.8 Å². The molecule has 2 rings (SSSR count). The van der Waals surface area contributed by atoms with Gasteiger partial charge in [-0.3, -0.25) is 4.79 Å². The van der Waals surface area contributed by atoms with Crippen molar-refractivity contribution in [3.63, 3.8) is 0 Å². The Kier molecular flexibility index (Phi) is 3.63. The molecule has 3 nitrogen and oxygen atoms in total. The Morgan fingerprint density at radius 2 is 2.00 bits per heavy atom. The van der Waals surface area contributed by atoms with Crippen LogP contribution in [-0.4, -0.2) is 16.1 Å². The third-order valence-corrected chi connectivity index (χ3v) is 3.95. The fourth-order valence-corrected chi connectivity index (χ4v) is 3.04. The highest BCUT2D eigenvalue weighted by molar-refractivity contribution is 5.87. The third kappa shape index (κ3) is 2.58. The largest absolute Gasteiger partial charge is 0.481 e. The van der Waals surface area contributed by atoms with E-state index in [0.717, 1.165) is 22.2 Å². The first-order valence-corrected chi connectivity index (χ1v) is 7.07. The van der Waals surface area contributed by atoms with E-state index in [-0.39, 0.29) is 11.8 Å². The predicted octanol–water partition coefficient (Wildman–Crippen LogP) is 4.35. The molecule has 0 aliphatic rings. The monoisotopic (exact) mass is 273 g/mol. The van der Waals surface area contributed by atoms with Crippen LogP contribution in [0, 0.1) is 6.92 Å². The first-order valence-electron chi connectivity index (χ1n) is 7.07. The molecular formula is C17H23NO2. The summed E-state index contributed by atoms with van der Waals surface area (Å²) in [7, 11) is 0. The van der Waals surface area contributed by atoms with Gasteiger partial charge in [0.1, 0.15) is 0 Å². The van der Waals surface area contributed by atoms with Crippen molar-refractivity contribution < 1.29 is 9.90 Å². The fraction of sp³-hybridized carbons (Fsp3) is 0.471. The maximum Gasteiger partial charge on any atom is 0.304 e. The predicted molar refractivity (Wildman–Crippen MR) is 82.4 cm³/mol. The number of carboxylic acids is 1. The zero-order valence-corrected chi connectivity index (χ0v) is 12.9. The highest BCUT2D eigenvalue weighted by atomic mass is 16.4. The van der Waals surface area contributed by atoms with Crippen LogP contribution in [0.2, 0.25) is 0 Å². The normalized spacial score (nSPS) is 12.3. The molecule has 108 valence electrons. The van der Waals surface area contributed by atoms with Crippen LogP contribution in [0.15, 0.2) is 18.2 Å². The lowest BCUT2D eigenvalue weighted by molar-refractivity contribution is -0.138. The molecule has 1 aromatic carbocycles. The average Bonchev–Trinajstić information content (AvgIpc) is 2.62. The van der Waals surface area contributed by atoms with Gasteiger partial charge in [-0.15, -0.1) is 0 Å². The molecule has 20 heavy (non-hydrogen) atoms. The van der Waals surface area contributed by atoms with Crippen LogP contribution in [0.1, 0.15) is 56.9 Å². The van der Waals surface area contributed by atoms with E-state index >= 15 is 0 Å². The maximum atomic E-state index is 11.1. The van der Waals surface area contributed by atoms with Gasteiger partial charge in [0.25, 0.3) is 0 Å². The maximum absolute atomic E-state index is 11.1. The van der Waals surface area contributed by atoms with E-state index in [1.54, 1.807) is 0 Å². The zero-order valence-electron chi connectivity index (χ0n) is 12.9. The van der Waals surface area contributed by atoms with Crippen LogP contribution in [0.25, 0.3) is 10.9 Å². The molecule has 0 saturated heterocycles. The van der Waals surface area contributed by atoms with Crippen LogP contribution in [0.4, 0.5) is 0 Å². The number of aromatic nitrogens is 1. The van der Waals surface area contributed by atoms with E-state index in [2.05, 4.69) is 37.0 Å². The highest BCUT2D eigenvalue weighted by Crippen LogP contribution is 2.36. The van der Waals surface area contributed by atoms with Crippen molar-refractivity contribution in [2.75, 3.05) is 0 Å². The molecule has 0 bridgehead atoms. The minimum absolute atomic E-state index is 0.132. The number of hydrogen-bond donors (Lipinski definition) is 2. The average molecular weight is 273 g/mol. The molecule has 0 unspecified atom stereocenters. The number of fused-ring (bicyclic) bond motifs is 1. The molecule has 0 radical (unpaired) electrons. The lowest BCUT2D eigenvalue weighted by atomic mass is 9.79. The number of carboxylic acid groups (broad SMARTS) is 1. The first-order chi connectivity index (χ1) is 9.22. The number of nitrogens with one attached hydrogen (secondary N) is 1. The number of aromatic amines is 1. The van der Waals surface area contributed by atoms with Crippen molar-refractivity contribution in [2.45, 2.75) is 52.4 Å². The Balaban J connectivity index is 2.65. The van der Waals surface area contributed by atoms with E-state index in [1.807, 2.05) is 20.8 Å². The Bertz CT molecular complexity index is 650. The van der Waals surface area contributed by atoms with E-state index < -0.39 is 5.97 Å². The van der Waals surface area contributed by atoms with Gasteiger partial charge in [0.15, 0.2) is 0 Å². The van der Waals surface area contributed by atoms with Gasteiger partial charge in [0.2, 0.25) is 0 Å². The molecule has 0 atom stereocenters. The summed E-state index contributed by atoms with van der Waals surface area (Å²) in [6.07, 6.45) is 0.132. The summed E-state index contributed by atoms with van der Waals surface area (Å²) in [6.45, 7) is 10.4. The second-order valence-corrected chi connectivity index (χ2v) is 6.54. The van der Waals surface area contributed by atoms with E-state index in [0.29, 0.717) is 5.92 Å². The summed E-state index contributed by atoms with van der Waals surface area (Å²) >= 11 is 0. The molecular weight excluding hydrogens is 250 g/mol. The van der Waals surface area contributed by atoms with Crippen molar-refractivity contribution in [3.05, 3.63) is 35.0 Å². The van der Waals surface area contributed by atoms with Crippen LogP contribution < -0.4 is 0 Å². The Labute approximate surface area is 120 Å². The quantitative estimate of drug-likeness (QED) is 0.870. The molecule has 0 aliphatic heterocycles. The van der Waals surface area contributed by atoms with Gasteiger partial charge in [0.05, 0.1) is 6.42 Å². The van der Waals surface area contributed by atoms with Crippen LogP contribution in [-0.2, 0) is 10.2 Å². The molecule has 0 saturated carbocycles. The zero-order chi connectivity index (χ0) is 15.1. The van der Waals surface area contributed by atoms with E-state index in [4.69, 9.17) is 5.11 Å². The van der Waals surface area contributed by atoms with Crippen molar-refractivity contribution in [2.24, 2.45) is 0 Å². The Hall–Kier alpha value is -1.77. The molecule has 3 heteroatoms. The van der Waals surface area contributed by atoms with Gasteiger partial charge in [-0.2, -0.15) is 0 Å². The minimum atomic E-state index is -0.760. The van der Waals surface area contributed by atoms with Crippen molar-refractivity contribution in [1.82, 2.24) is 4.98 Å². The summed E-state index contributed by atoms with van der Waals surface area (Å²) < 4.78 is 0. The lowest BCUT2D eigenvalue weighted by Crippen LogP contribution is -2.22. The molecule has 0 spiro atoms.